The first-order chi connectivity index (χ1) is 15.2. The van der Waals surface area contributed by atoms with Gasteiger partial charge in [0, 0.05) is 42.5 Å². The van der Waals surface area contributed by atoms with Gasteiger partial charge >= 0.3 is 11.8 Å². The number of carbonyl (C=O) groups excluding carboxylic acids is 2. The van der Waals surface area contributed by atoms with Crippen molar-refractivity contribution in [2.75, 3.05) is 31.5 Å². The Labute approximate surface area is 187 Å². The number of hydrogen-bond acceptors (Lipinski definition) is 4. The quantitative estimate of drug-likeness (QED) is 0.618. The molecule has 1 heterocycles. The number of nitrogens with zero attached hydrogens (tertiary/aromatic N) is 2. The molecule has 0 unspecified atom stereocenters. The molecular formula is C25H25N3O2S. The topological polar surface area (TPSA) is 52.7 Å². The van der Waals surface area contributed by atoms with E-state index in [0.29, 0.717) is 18.8 Å². The lowest BCUT2D eigenvalue weighted by Crippen LogP contribution is -2.51. The van der Waals surface area contributed by atoms with Gasteiger partial charge in [-0.25, -0.2) is 0 Å². The fourth-order valence-corrected chi connectivity index (χ4v) is 4.47. The van der Waals surface area contributed by atoms with E-state index >= 15 is 0 Å². The predicted molar refractivity (Wildman–Crippen MR) is 124 cm³/mol. The highest BCUT2D eigenvalue weighted by atomic mass is 32.2. The molecule has 1 aliphatic rings. The summed E-state index contributed by atoms with van der Waals surface area (Å²) >= 11 is 1.56. The number of piperazine rings is 1. The van der Waals surface area contributed by atoms with E-state index in [1.807, 2.05) is 72.8 Å². The van der Waals surface area contributed by atoms with Crippen LogP contribution < -0.4 is 5.32 Å². The van der Waals surface area contributed by atoms with Gasteiger partial charge in [0.15, 0.2) is 0 Å². The van der Waals surface area contributed by atoms with Crippen molar-refractivity contribution in [1.29, 1.82) is 0 Å². The first-order valence-electron chi connectivity index (χ1n) is 10.4. The monoisotopic (exact) mass is 431 g/mol. The van der Waals surface area contributed by atoms with Crippen LogP contribution in [0.5, 0.6) is 0 Å². The molecule has 5 nitrogen and oxygen atoms in total. The highest BCUT2D eigenvalue weighted by Gasteiger charge is 2.26. The molecule has 158 valence electrons. The number of benzene rings is 3. The maximum absolute atomic E-state index is 12.7. The van der Waals surface area contributed by atoms with Crippen molar-refractivity contribution in [3.63, 3.8) is 0 Å². The summed E-state index contributed by atoms with van der Waals surface area (Å²) in [5, 5.41) is 2.81. The maximum atomic E-state index is 12.7. The van der Waals surface area contributed by atoms with Crippen molar-refractivity contribution in [2.24, 2.45) is 0 Å². The van der Waals surface area contributed by atoms with Crippen LogP contribution in [0.25, 0.3) is 0 Å². The Hall–Kier alpha value is -3.09. The Balaban J connectivity index is 1.33. The van der Waals surface area contributed by atoms with E-state index < -0.39 is 11.8 Å². The zero-order valence-corrected chi connectivity index (χ0v) is 18.1. The Bertz CT molecular complexity index is 1020. The fraction of sp³-hybridized carbons (Fsp3) is 0.200. The SMILES string of the molecule is O=C(Nc1ccccc1Sc1ccccc1)C(=O)N1CCN(Cc2ccccc2)CC1. The molecule has 0 saturated carbocycles. The number of rotatable bonds is 5. The molecule has 0 aliphatic carbocycles. The molecule has 0 atom stereocenters. The molecule has 31 heavy (non-hydrogen) atoms. The number of amides is 2. The molecule has 1 aliphatic heterocycles. The summed E-state index contributed by atoms with van der Waals surface area (Å²) in [6.07, 6.45) is 0. The Morgan fingerprint density at radius 2 is 1.39 bits per heavy atom. The van der Waals surface area contributed by atoms with Crippen LogP contribution in [0.1, 0.15) is 5.56 Å². The Morgan fingerprint density at radius 3 is 2.10 bits per heavy atom. The van der Waals surface area contributed by atoms with Crippen molar-refractivity contribution < 1.29 is 9.59 Å². The normalized spacial score (nSPS) is 14.3. The van der Waals surface area contributed by atoms with Crippen molar-refractivity contribution >= 4 is 29.3 Å². The van der Waals surface area contributed by atoms with Crippen molar-refractivity contribution in [3.8, 4) is 0 Å². The zero-order chi connectivity index (χ0) is 21.5. The minimum absolute atomic E-state index is 0.473. The maximum Gasteiger partial charge on any atom is 0.313 e. The second-order valence-corrected chi connectivity index (χ2v) is 8.53. The van der Waals surface area contributed by atoms with Gasteiger partial charge in [-0.05, 0) is 29.8 Å². The average molecular weight is 432 g/mol. The fourth-order valence-electron chi connectivity index (χ4n) is 3.54. The molecule has 1 saturated heterocycles. The molecule has 1 N–H and O–H groups in total. The number of hydrogen-bond donors (Lipinski definition) is 1. The smallest absolute Gasteiger partial charge is 0.313 e. The van der Waals surface area contributed by atoms with Gasteiger partial charge in [0.1, 0.15) is 0 Å². The Kier molecular flexibility index (Phi) is 7.02. The van der Waals surface area contributed by atoms with E-state index in [1.54, 1.807) is 16.7 Å². The van der Waals surface area contributed by atoms with Crippen LogP contribution in [0, 0.1) is 0 Å². The molecule has 2 amide bonds. The van der Waals surface area contributed by atoms with Crippen LogP contribution in [0.2, 0.25) is 0 Å². The number of anilines is 1. The third-order valence-electron chi connectivity index (χ3n) is 5.21. The van der Waals surface area contributed by atoms with E-state index in [9.17, 15) is 9.59 Å². The number of para-hydroxylation sites is 1. The summed E-state index contributed by atoms with van der Waals surface area (Å²) in [5.41, 5.74) is 1.91. The third-order valence-corrected chi connectivity index (χ3v) is 6.29. The Morgan fingerprint density at radius 1 is 0.774 bits per heavy atom. The van der Waals surface area contributed by atoms with E-state index in [1.165, 1.54) is 5.56 Å². The number of carbonyl (C=O) groups is 2. The van der Waals surface area contributed by atoms with Gasteiger partial charge < -0.3 is 10.2 Å². The third kappa shape index (κ3) is 5.75. The molecule has 0 aromatic heterocycles. The summed E-state index contributed by atoms with van der Waals surface area (Å²) < 4.78 is 0. The van der Waals surface area contributed by atoms with Gasteiger partial charge in [-0.2, -0.15) is 0 Å². The molecule has 0 bridgehead atoms. The van der Waals surface area contributed by atoms with E-state index in [2.05, 4.69) is 22.3 Å². The summed E-state index contributed by atoms with van der Waals surface area (Å²) in [4.78, 5) is 31.3. The van der Waals surface area contributed by atoms with Gasteiger partial charge in [-0.15, -0.1) is 0 Å². The minimum atomic E-state index is -0.586. The first-order valence-corrected chi connectivity index (χ1v) is 11.2. The summed E-state index contributed by atoms with van der Waals surface area (Å²) in [5.74, 6) is -1.06. The van der Waals surface area contributed by atoms with Crippen LogP contribution in [0.15, 0.2) is 94.7 Å². The van der Waals surface area contributed by atoms with Gasteiger partial charge in [-0.3, -0.25) is 14.5 Å². The van der Waals surface area contributed by atoms with Crippen molar-refractivity contribution in [2.45, 2.75) is 16.3 Å². The van der Waals surface area contributed by atoms with Gasteiger partial charge in [-0.1, -0.05) is 72.4 Å². The second-order valence-electron chi connectivity index (χ2n) is 7.42. The van der Waals surface area contributed by atoms with Gasteiger partial charge in [0.25, 0.3) is 0 Å². The highest BCUT2D eigenvalue weighted by molar-refractivity contribution is 7.99. The molecule has 0 radical (unpaired) electrons. The lowest BCUT2D eigenvalue weighted by Gasteiger charge is -2.34. The van der Waals surface area contributed by atoms with Crippen molar-refractivity contribution in [1.82, 2.24) is 9.80 Å². The van der Waals surface area contributed by atoms with E-state index in [4.69, 9.17) is 0 Å². The summed E-state index contributed by atoms with van der Waals surface area (Å²) in [6.45, 7) is 3.49. The minimum Gasteiger partial charge on any atom is -0.332 e. The molecule has 3 aromatic rings. The van der Waals surface area contributed by atoms with Crippen LogP contribution in [-0.4, -0.2) is 47.8 Å². The van der Waals surface area contributed by atoms with Crippen LogP contribution >= 0.6 is 11.8 Å². The zero-order valence-electron chi connectivity index (χ0n) is 17.2. The second kappa shape index (κ2) is 10.3. The molecule has 6 heteroatoms. The van der Waals surface area contributed by atoms with Gasteiger partial charge in [0.05, 0.1) is 5.69 Å². The lowest BCUT2D eigenvalue weighted by molar-refractivity contribution is -0.144. The van der Waals surface area contributed by atoms with Crippen molar-refractivity contribution in [3.05, 3.63) is 90.5 Å². The molecule has 4 rings (SSSR count). The average Bonchev–Trinajstić information content (AvgIpc) is 2.82. The standard InChI is InChI=1S/C25H25N3O2S/c29-24(26-22-13-7-8-14-23(22)31-21-11-5-2-6-12-21)25(30)28-17-15-27(16-18-28)19-20-9-3-1-4-10-20/h1-14H,15-19H2,(H,26,29). The molecule has 3 aromatic carbocycles. The molecule has 0 spiro atoms. The van der Waals surface area contributed by atoms with Crippen LogP contribution in [-0.2, 0) is 16.1 Å². The summed E-state index contributed by atoms with van der Waals surface area (Å²) in [6, 6.07) is 27.8. The van der Waals surface area contributed by atoms with Crippen LogP contribution in [0.4, 0.5) is 5.69 Å². The lowest BCUT2D eigenvalue weighted by atomic mass is 10.2. The molecule has 1 fully saturated rings. The number of nitrogens with one attached hydrogen (secondary N) is 1. The highest BCUT2D eigenvalue weighted by Crippen LogP contribution is 2.33. The van der Waals surface area contributed by atoms with E-state index in [-0.39, 0.29) is 0 Å². The van der Waals surface area contributed by atoms with E-state index in [0.717, 1.165) is 29.4 Å². The summed E-state index contributed by atoms with van der Waals surface area (Å²) in [7, 11) is 0. The van der Waals surface area contributed by atoms with Crippen LogP contribution in [0.3, 0.4) is 0 Å². The predicted octanol–water partition coefficient (Wildman–Crippen LogP) is 4.12. The van der Waals surface area contributed by atoms with Gasteiger partial charge in [0.2, 0.25) is 0 Å². The molecular weight excluding hydrogens is 406 g/mol. The first kappa shape index (κ1) is 21.2. The largest absolute Gasteiger partial charge is 0.332 e.